The van der Waals surface area contributed by atoms with Crippen LogP contribution in [0.15, 0.2) is 72.9 Å². The smallest absolute Gasteiger partial charge is 0.306 e. The first-order valence-corrected chi connectivity index (χ1v) is 43.1. The monoisotopic (exact) mass is 1370 g/mol. The first-order valence-electron chi connectivity index (χ1n) is 41.6. The molecule has 0 aliphatic carbocycles. The second kappa shape index (κ2) is 76.6. The van der Waals surface area contributed by atoms with E-state index in [4.69, 9.17) is 18.5 Å². The predicted molar refractivity (Wildman–Crippen MR) is 416 cm³/mol. The molecular formula is C86H160NO8P. The molecule has 0 amide bonds. The van der Waals surface area contributed by atoms with Gasteiger partial charge in [-0.05, 0) is 89.9 Å². The number of allylic oxidation sites excluding steroid dienone is 12. The van der Waals surface area contributed by atoms with Crippen molar-refractivity contribution in [2.24, 2.45) is 0 Å². The van der Waals surface area contributed by atoms with Crippen molar-refractivity contribution in [3.05, 3.63) is 72.9 Å². The maximum Gasteiger partial charge on any atom is 0.306 e. The number of quaternary nitrogens is 1. The molecule has 0 heterocycles. The molecule has 0 aliphatic rings. The summed E-state index contributed by atoms with van der Waals surface area (Å²) in [7, 11) is 1.18. The van der Waals surface area contributed by atoms with Crippen LogP contribution in [-0.4, -0.2) is 70.0 Å². The highest BCUT2D eigenvalue weighted by atomic mass is 31.2. The molecule has 2 atom stereocenters. The molecule has 0 bridgehead atoms. The third-order valence-electron chi connectivity index (χ3n) is 18.7. The minimum absolute atomic E-state index is 0.0295. The van der Waals surface area contributed by atoms with Crippen LogP contribution < -0.4 is 4.89 Å². The van der Waals surface area contributed by atoms with E-state index in [-0.39, 0.29) is 32.0 Å². The summed E-state index contributed by atoms with van der Waals surface area (Å²) in [6, 6.07) is 0. The number of phosphoric acid groups is 1. The molecule has 0 saturated heterocycles. The van der Waals surface area contributed by atoms with Gasteiger partial charge in [0.25, 0.3) is 7.82 Å². The van der Waals surface area contributed by atoms with Gasteiger partial charge in [-0.1, -0.05) is 382 Å². The summed E-state index contributed by atoms with van der Waals surface area (Å²) in [4.78, 5) is 38.2. The maximum atomic E-state index is 12.9. The average molecular weight is 1370 g/mol. The molecule has 9 nitrogen and oxygen atoms in total. The molecule has 96 heavy (non-hydrogen) atoms. The number of nitrogens with zero attached hydrogens (tertiary/aromatic N) is 1. The molecule has 0 rings (SSSR count). The minimum Gasteiger partial charge on any atom is -0.756 e. The van der Waals surface area contributed by atoms with E-state index in [1.165, 1.54) is 321 Å². The zero-order valence-electron chi connectivity index (χ0n) is 64.3. The van der Waals surface area contributed by atoms with Crippen molar-refractivity contribution in [3.63, 3.8) is 0 Å². The molecule has 0 aromatic heterocycles. The Kier molecular flexibility index (Phi) is 74.6. The topological polar surface area (TPSA) is 111 Å². The Bertz CT molecular complexity index is 1850. The minimum atomic E-state index is -4.65. The Labute approximate surface area is 597 Å². The Morgan fingerprint density at radius 2 is 0.562 bits per heavy atom. The number of carbonyl (C=O) groups excluding carboxylic acids is 2. The largest absolute Gasteiger partial charge is 0.756 e. The van der Waals surface area contributed by atoms with Crippen LogP contribution in [-0.2, 0) is 32.7 Å². The maximum absolute atomic E-state index is 12.9. The van der Waals surface area contributed by atoms with Crippen LogP contribution in [0.4, 0.5) is 0 Å². The van der Waals surface area contributed by atoms with Crippen molar-refractivity contribution >= 4 is 19.8 Å². The van der Waals surface area contributed by atoms with Crippen LogP contribution in [0, 0.1) is 0 Å². The van der Waals surface area contributed by atoms with E-state index >= 15 is 0 Å². The van der Waals surface area contributed by atoms with E-state index in [1.54, 1.807) is 0 Å². The van der Waals surface area contributed by atoms with Crippen molar-refractivity contribution in [1.29, 1.82) is 0 Å². The summed E-state index contributed by atoms with van der Waals surface area (Å²) in [6.45, 7) is 4.28. The number of hydrogen-bond donors (Lipinski definition) is 0. The number of likely N-dealkylation sites (N-methyl/N-ethyl adjacent to an activating group) is 1. The first-order chi connectivity index (χ1) is 47.0. The molecule has 0 saturated carbocycles. The zero-order valence-corrected chi connectivity index (χ0v) is 65.2. The lowest BCUT2D eigenvalue weighted by molar-refractivity contribution is -0.870. The second-order valence-electron chi connectivity index (χ2n) is 29.5. The fourth-order valence-electron chi connectivity index (χ4n) is 12.3. The Morgan fingerprint density at radius 3 is 0.833 bits per heavy atom. The highest BCUT2D eigenvalue weighted by Crippen LogP contribution is 2.38. The lowest BCUT2D eigenvalue weighted by Crippen LogP contribution is -2.37. The van der Waals surface area contributed by atoms with Gasteiger partial charge in [0.1, 0.15) is 19.8 Å². The number of rotatable bonds is 78. The summed E-state index contributed by atoms with van der Waals surface area (Å²) < 4.78 is 34.4. The van der Waals surface area contributed by atoms with E-state index in [2.05, 4.69) is 86.8 Å². The quantitative estimate of drug-likeness (QED) is 0.0195. The summed E-state index contributed by atoms with van der Waals surface area (Å²) in [6.07, 6.45) is 105. The summed E-state index contributed by atoms with van der Waals surface area (Å²) >= 11 is 0. The average Bonchev–Trinajstić information content (AvgIpc) is 2.54. The summed E-state index contributed by atoms with van der Waals surface area (Å²) in [5.74, 6) is -0.813. The summed E-state index contributed by atoms with van der Waals surface area (Å²) in [5, 5.41) is 0. The fourth-order valence-corrected chi connectivity index (χ4v) is 13.1. The van der Waals surface area contributed by atoms with Crippen molar-refractivity contribution in [2.45, 2.75) is 418 Å². The van der Waals surface area contributed by atoms with Gasteiger partial charge in [-0.3, -0.25) is 14.2 Å². The standard InChI is InChI=1S/C86H160NO8P/c1-6-8-10-12-14-16-18-20-22-24-26-28-30-32-34-36-38-39-40-41-42-43-44-45-46-47-49-51-53-55-57-59-61-63-65-67-69-71-73-75-77-79-86(89)95-84(83-94-96(90,91)93-81-80-87(3,4)5)82-92-85(88)78-76-74-72-70-68-66-64-62-60-58-56-54-52-50-48-37-35-33-31-29-27-25-23-21-19-17-15-13-11-9-7-2/h18-21,24-27,30-33,84H,6-17,22-23,28-29,34-83H2,1-5H3/b20-18-,21-19-,26-24-,27-25-,32-30-,33-31-. The fraction of sp³-hybridized carbons (Fsp3) is 0.837. The molecule has 562 valence electrons. The number of unbranched alkanes of at least 4 members (excludes halogenated alkanes) is 52. The first kappa shape index (κ1) is 93.5. The normalized spacial score (nSPS) is 13.4. The second-order valence-corrected chi connectivity index (χ2v) is 30.9. The molecule has 0 spiro atoms. The van der Waals surface area contributed by atoms with Gasteiger partial charge in [0.2, 0.25) is 0 Å². The Hall–Kier alpha value is -2.55. The number of hydrogen-bond acceptors (Lipinski definition) is 8. The number of esters is 2. The van der Waals surface area contributed by atoms with Crippen LogP contribution in [0.2, 0.25) is 0 Å². The van der Waals surface area contributed by atoms with Crippen LogP contribution >= 0.6 is 7.82 Å². The number of carbonyl (C=O) groups is 2. The molecule has 10 heteroatoms. The predicted octanol–water partition coefficient (Wildman–Crippen LogP) is 27.2. The lowest BCUT2D eigenvalue weighted by Gasteiger charge is -2.28. The highest BCUT2D eigenvalue weighted by Gasteiger charge is 2.22. The summed E-state index contributed by atoms with van der Waals surface area (Å²) in [5.41, 5.74) is 0. The van der Waals surface area contributed by atoms with Gasteiger partial charge in [0.05, 0.1) is 27.7 Å². The van der Waals surface area contributed by atoms with Crippen molar-refractivity contribution in [3.8, 4) is 0 Å². The van der Waals surface area contributed by atoms with Crippen molar-refractivity contribution < 1.29 is 42.1 Å². The number of ether oxygens (including phenoxy) is 2. The van der Waals surface area contributed by atoms with Crippen LogP contribution in [0.25, 0.3) is 0 Å². The molecular weight excluding hydrogens is 1210 g/mol. The van der Waals surface area contributed by atoms with Crippen LogP contribution in [0.1, 0.15) is 412 Å². The van der Waals surface area contributed by atoms with E-state index in [9.17, 15) is 19.0 Å². The molecule has 0 aliphatic heterocycles. The molecule has 0 radical (unpaired) electrons. The van der Waals surface area contributed by atoms with Crippen LogP contribution in [0.3, 0.4) is 0 Å². The van der Waals surface area contributed by atoms with E-state index in [0.29, 0.717) is 17.4 Å². The van der Waals surface area contributed by atoms with E-state index in [0.717, 1.165) is 57.8 Å². The van der Waals surface area contributed by atoms with Crippen molar-refractivity contribution in [2.75, 3.05) is 47.5 Å². The van der Waals surface area contributed by atoms with Gasteiger partial charge < -0.3 is 27.9 Å². The van der Waals surface area contributed by atoms with Gasteiger partial charge in [-0.15, -0.1) is 0 Å². The highest BCUT2D eigenvalue weighted by molar-refractivity contribution is 7.45. The molecule has 0 aromatic carbocycles. The number of phosphoric ester groups is 1. The lowest BCUT2D eigenvalue weighted by atomic mass is 10.0. The Morgan fingerprint density at radius 1 is 0.323 bits per heavy atom. The van der Waals surface area contributed by atoms with Gasteiger partial charge in [0, 0.05) is 12.8 Å². The molecule has 0 fully saturated rings. The molecule has 0 N–H and O–H groups in total. The van der Waals surface area contributed by atoms with Crippen LogP contribution in [0.5, 0.6) is 0 Å². The van der Waals surface area contributed by atoms with Gasteiger partial charge in [0.15, 0.2) is 6.10 Å². The van der Waals surface area contributed by atoms with Gasteiger partial charge in [-0.25, -0.2) is 0 Å². The zero-order chi connectivity index (χ0) is 69.7. The Balaban J connectivity index is 3.90. The molecule has 2 unspecified atom stereocenters. The third-order valence-corrected chi connectivity index (χ3v) is 19.7. The SMILES string of the molecule is CCCCCCC/C=C\C/C=C\C/C=C\CCCCCCCCCCCCCCCCCCCCCCCCCCCCC(=O)OC(COC(=O)CCCCCCCCCCCCCCCCCC/C=C\C/C=C\C/C=C\CCCCCCC)COP(=O)([O-])OCC[N+](C)(C)C. The molecule has 0 aromatic rings. The van der Waals surface area contributed by atoms with E-state index < -0.39 is 26.5 Å². The third kappa shape index (κ3) is 80.4. The van der Waals surface area contributed by atoms with E-state index in [1.807, 2.05) is 21.1 Å². The van der Waals surface area contributed by atoms with Gasteiger partial charge >= 0.3 is 11.9 Å². The van der Waals surface area contributed by atoms with Crippen molar-refractivity contribution in [1.82, 2.24) is 0 Å². The van der Waals surface area contributed by atoms with Gasteiger partial charge in [-0.2, -0.15) is 0 Å².